The van der Waals surface area contributed by atoms with Crippen molar-refractivity contribution in [2.24, 2.45) is 11.8 Å². The van der Waals surface area contributed by atoms with Gasteiger partial charge in [0.2, 0.25) is 0 Å². The molecule has 11 heavy (non-hydrogen) atoms. The van der Waals surface area contributed by atoms with E-state index in [0.717, 1.165) is 5.92 Å². The van der Waals surface area contributed by atoms with E-state index in [4.69, 9.17) is 4.74 Å². The molecule has 1 aliphatic rings. The molecular formula is C10H20O. The van der Waals surface area contributed by atoms with E-state index < -0.39 is 0 Å². The molecule has 1 heteroatoms. The van der Waals surface area contributed by atoms with Gasteiger partial charge in [0.1, 0.15) is 0 Å². The monoisotopic (exact) mass is 156 g/mol. The average Bonchev–Trinajstić information content (AvgIpc) is 2.65. The van der Waals surface area contributed by atoms with Crippen molar-refractivity contribution in [3.05, 3.63) is 0 Å². The third-order valence-corrected chi connectivity index (χ3v) is 2.52. The van der Waals surface area contributed by atoms with Crippen LogP contribution in [0.4, 0.5) is 0 Å². The van der Waals surface area contributed by atoms with Gasteiger partial charge >= 0.3 is 0 Å². The Morgan fingerprint density at radius 1 is 1.18 bits per heavy atom. The highest BCUT2D eigenvalue weighted by atomic mass is 16.6. The highest BCUT2D eigenvalue weighted by molar-refractivity contribution is 4.90. The molecule has 0 aromatic heterocycles. The first-order valence-electron chi connectivity index (χ1n) is 4.82. The Kier molecular flexibility index (Phi) is 2.94. The SMILES string of the molecule is CCCC(C)C1OC1C(C)C. The Hall–Kier alpha value is -0.0400. The van der Waals surface area contributed by atoms with Crippen LogP contribution in [0.1, 0.15) is 40.5 Å². The Labute approximate surface area is 70.1 Å². The topological polar surface area (TPSA) is 12.5 Å². The lowest BCUT2D eigenvalue weighted by Gasteiger charge is -2.05. The molecule has 0 amide bonds. The van der Waals surface area contributed by atoms with Gasteiger partial charge in [-0.15, -0.1) is 0 Å². The van der Waals surface area contributed by atoms with Crippen molar-refractivity contribution in [2.75, 3.05) is 0 Å². The zero-order valence-corrected chi connectivity index (χ0v) is 8.13. The minimum Gasteiger partial charge on any atom is -0.369 e. The number of hydrogen-bond donors (Lipinski definition) is 0. The highest BCUT2D eigenvalue weighted by Gasteiger charge is 2.43. The van der Waals surface area contributed by atoms with Crippen LogP contribution in [0.25, 0.3) is 0 Å². The average molecular weight is 156 g/mol. The lowest BCUT2D eigenvalue weighted by molar-refractivity contribution is 0.300. The summed E-state index contributed by atoms with van der Waals surface area (Å²) in [5.41, 5.74) is 0. The first-order valence-corrected chi connectivity index (χ1v) is 4.82. The molecule has 0 aromatic carbocycles. The maximum absolute atomic E-state index is 5.59. The number of rotatable bonds is 4. The van der Waals surface area contributed by atoms with Crippen molar-refractivity contribution < 1.29 is 4.74 Å². The molecule has 0 aliphatic carbocycles. The van der Waals surface area contributed by atoms with Crippen molar-refractivity contribution in [3.8, 4) is 0 Å². The number of epoxide rings is 1. The maximum Gasteiger partial charge on any atom is 0.0870 e. The molecule has 1 nitrogen and oxygen atoms in total. The minimum atomic E-state index is 0.566. The molecular weight excluding hydrogens is 136 g/mol. The van der Waals surface area contributed by atoms with Crippen molar-refractivity contribution in [3.63, 3.8) is 0 Å². The van der Waals surface area contributed by atoms with Gasteiger partial charge in [-0.1, -0.05) is 34.1 Å². The van der Waals surface area contributed by atoms with Gasteiger partial charge in [0.05, 0.1) is 12.2 Å². The molecule has 66 valence electrons. The van der Waals surface area contributed by atoms with Crippen LogP contribution in [-0.2, 0) is 4.74 Å². The van der Waals surface area contributed by atoms with E-state index in [2.05, 4.69) is 27.7 Å². The van der Waals surface area contributed by atoms with Crippen molar-refractivity contribution >= 4 is 0 Å². The van der Waals surface area contributed by atoms with E-state index in [1.54, 1.807) is 0 Å². The second-order valence-electron chi connectivity index (χ2n) is 4.08. The number of hydrogen-bond acceptors (Lipinski definition) is 1. The summed E-state index contributed by atoms with van der Waals surface area (Å²) in [7, 11) is 0. The summed E-state index contributed by atoms with van der Waals surface area (Å²) >= 11 is 0. The summed E-state index contributed by atoms with van der Waals surface area (Å²) in [5.74, 6) is 1.48. The predicted octanol–water partition coefficient (Wildman–Crippen LogP) is 2.85. The van der Waals surface area contributed by atoms with Crippen LogP contribution in [0, 0.1) is 11.8 Å². The van der Waals surface area contributed by atoms with Crippen LogP contribution in [0.5, 0.6) is 0 Å². The van der Waals surface area contributed by atoms with E-state index in [0.29, 0.717) is 18.1 Å². The number of ether oxygens (including phenoxy) is 1. The highest BCUT2D eigenvalue weighted by Crippen LogP contribution is 2.36. The molecule has 1 fully saturated rings. The minimum absolute atomic E-state index is 0.566. The Morgan fingerprint density at radius 3 is 2.18 bits per heavy atom. The third-order valence-electron chi connectivity index (χ3n) is 2.52. The fourth-order valence-corrected chi connectivity index (χ4v) is 1.75. The fourth-order valence-electron chi connectivity index (χ4n) is 1.75. The van der Waals surface area contributed by atoms with Crippen LogP contribution in [0.15, 0.2) is 0 Å². The van der Waals surface area contributed by atoms with Gasteiger partial charge in [-0.2, -0.15) is 0 Å². The first-order chi connectivity index (χ1) is 5.16. The fraction of sp³-hybridized carbons (Fsp3) is 1.00. The van der Waals surface area contributed by atoms with E-state index in [1.807, 2.05) is 0 Å². The second kappa shape index (κ2) is 3.57. The van der Waals surface area contributed by atoms with Gasteiger partial charge in [0.25, 0.3) is 0 Å². The third kappa shape index (κ3) is 2.19. The molecule has 0 saturated carbocycles. The second-order valence-corrected chi connectivity index (χ2v) is 4.08. The molecule has 0 N–H and O–H groups in total. The quantitative estimate of drug-likeness (QED) is 0.570. The Balaban J connectivity index is 2.20. The summed E-state index contributed by atoms with van der Waals surface area (Å²) in [4.78, 5) is 0. The largest absolute Gasteiger partial charge is 0.369 e. The van der Waals surface area contributed by atoms with Crippen LogP contribution in [-0.4, -0.2) is 12.2 Å². The molecule has 3 unspecified atom stereocenters. The van der Waals surface area contributed by atoms with E-state index in [1.165, 1.54) is 12.8 Å². The van der Waals surface area contributed by atoms with Gasteiger partial charge in [0, 0.05) is 0 Å². The molecule has 1 aliphatic heterocycles. The maximum atomic E-state index is 5.59. The summed E-state index contributed by atoms with van der Waals surface area (Å²) in [5, 5.41) is 0. The van der Waals surface area contributed by atoms with Crippen LogP contribution in [0.3, 0.4) is 0 Å². The lowest BCUT2D eigenvalue weighted by Crippen LogP contribution is -2.10. The Bertz CT molecular complexity index is 120. The molecule has 3 atom stereocenters. The normalized spacial score (nSPS) is 32.5. The van der Waals surface area contributed by atoms with Gasteiger partial charge in [-0.05, 0) is 18.3 Å². The van der Waals surface area contributed by atoms with E-state index in [9.17, 15) is 0 Å². The van der Waals surface area contributed by atoms with Crippen molar-refractivity contribution in [2.45, 2.75) is 52.7 Å². The molecule has 0 aromatic rings. The van der Waals surface area contributed by atoms with Gasteiger partial charge in [0.15, 0.2) is 0 Å². The van der Waals surface area contributed by atoms with Crippen LogP contribution < -0.4 is 0 Å². The van der Waals surface area contributed by atoms with Gasteiger partial charge in [-0.25, -0.2) is 0 Å². The van der Waals surface area contributed by atoms with Crippen molar-refractivity contribution in [1.29, 1.82) is 0 Å². The summed E-state index contributed by atoms with van der Waals surface area (Å²) in [6.45, 7) is 9.02. The molecule has 1 heterocycles. The standard InChI is InChI=1S/C10H20O/c1-5-6-8(4)10-9(11-10)7(2)3/h7-10H,5-6H2,1-4H3. The molecule has 0 spiro atoms. The molecule has 0 radical (unpaired) electrons. The van der Waals surface area contributed by atoms with Gasteiger partial charge in [-0.3, -0.25) is 0 Å². The summed E-state index contributed by atoms with van der Waals surface area (Å²) < 4.78 is 5.59. The predicted molar refractivity (Wildman–Crippen MR) is 47.6 cm³/mol. The lowest BCUT2D eigenvalue weighted by atomic mass is 9.96. The van der Waals surface area contributed by atoms with Crippen LogP contribution >= 0.6 is 0 Å². The Morgan fingerprint density at radius 2 is 1.82 bits per heavy atom. The smallest absolute Gasteiger partial charge is 0.0870 e. The van der Waals surface area contributed by atoms with E-state index >= 15 is 0 Å². The zero-order valence-electron chi connectivity index (χ0n) is 8.13. The van der Waals surface area contributed by atoms with Crippen LogP contribution in [0.2, 0.25) is 0 Å². The molecule has 1 saturated heterocycles. The van der Waals surface area contributed by atoms with Crippen molar-refractivity contribution in [1.82, 2.24) is 0 Å². The van der Waals surface area contributed by atoms with E-state index in [-0.39, 0.29) is 0 Å². The molecule has 0 bridgehead atoms. The van der Waals surface area contributed by atoms with Gasteiger partial charge < -0.3 is 4.74 Å². The zero-order chi connectivity index (χ0) is 8.43. The summed E-state index contributed by atoms with van der Waals surface area (Å²) in [6.07, 6.45) is 3.74. The first kappa shape index (κ1) is 9.05. The summed E-state index contributed by atoms with van der Waals surface area (Å²) in [6, 6.07) is 0. The molecule has 1 rings (SSSR count).